The van der Waals surface area contributed by atoms with Gasteiger partial charge in [0.05, 0.1) is 9.92 Å². The molecule has 0 spiro atoms. The van der Waals surface area contributed by atoms with Crippen LogP contribution in [0.5, 0.6) is 11.5 Å². The van der Waals surface area contributed by atoms with Gasteiger partial charge >= 0.3 is 0 Å². The van der Waals surface area contributed by atoms with E-state index in [1.807, 2.05) is 19.9 Å². The molecule has 170 valence electrons. The second-order valence-corrected chi connectivity index (χ2v) is 10.4. The summed E-state index contributed by atoms with van der Waals surface area (Å²) in [7, 11) is -3.64. The molecular weight excluding hydrogens is 458 g/mol. The standard InChI is InChI=1S/C25H24ClN3O3S/c1-18-6-8-20(9-7-18)29-15-14-28(17-19(29)2)33(30,31)22-12-10-21(11-13-22)32-25-5-3-4-24(26)23(25)16-27/h3-13,19H,14-15,17H2,1-2H3. The number of anilines is 1. The maximum absolute atomic E-state index is 13.2. The molecule has 3 aromatic rings. The minimum Gasteiger partial charge on any atom is -0.456 e. The fourth-order valence-corrected chi connectivity index (χ4v) is 5.64. The van der Waals surface area contributed by atoms with Crippen LogP contribution in [0.1, 0.15) is 18.1 Å². The molecule has 0 saturated carbocycles. The maximum atomic E-state index is 13.2. The summed E-state index contributed by atoms with van der Waals surface area (Å²) < 4.78 is 33.8. The van der Waals surface area contributed by atoms with E-state index < -0.39 is 10.0 Å². The lowest BCUT2D eigenvalue weighted by atomic mass is 10.1. The highest BCUT2D eigenvalue weighted by atomic mass is 35.5. The molecule has 0 aliphatic carbocycles. The number of piperazine rings is 1. The first-order valence-electron chi connectivity index (χ1n) is 10.6. The van der Waals surface area contributed by atoms with Crippen LogP contribution < -0.4 is 9.64 Å². The van der Waals surface area contributed by atoms with E-state index in [2.05, 4.69) is 29.2 Å². The molecule has 4 rings (SSSR count). The van der Waals surface area contributed by atoms with Crippen LogP contribution in [0.3, 0.4) is 0 Å². The number of aryl methyl sites for hydroxylation is 1. The van der Waals surface area contributed by atoms with E-state index in [1.165, 1.54) is 22.0 Å². The van der Waals surface area contributed by atoms with Crippen molar-refractivity contribution in [2.75, 3.05) is 24.5 Å². The normalized spacial score (nSPS) is 16.9. The summed E-state index contributed by atoms with van der Waals surface area (Å²) in [5, 5.41) is 9.59. The molecular formula is C25H24ClN3O3S. The third-order valence-corrected chi connectivity index (χ3v) is 7.93. The highest BCUT2D eigenvalue weighted by Crippen LogP contribution is 2.31. The molecule has 1 fully saturated rings. The van der Waals surface area contributed by atoms with E-state index in [0.717, 1.165) is 5.69 Å². The van der Waals surface area contributed by atoms with Gasteiger partial charge in [-0.05, 0) is 62.4 Å². The fraction of sp³-hybridized carbons (Fsp3) is 0.240. The van der Waals surface area contributed by atoms with Gasteiger partial charge in [-0.2, -0.15) is 9.57 Å². The Bertz CT molecular complexity index is 1290. The summed E-state index contributed by atoms with van der Waals surface area (Å²) in [4.78, 5) is 2.44. The van der Waals surface area contributed by atoms with Crippen LogP contribution in [0.25, 0.3) is 0 Å². The number of ether oxygens (including phenoxy) is 1. The van der Waals surface area contributed by atoms with Crippen molar-refractivity contribution in [2.45, 2.75) is 24.8 Å². The molecule has 0 radical (unpaired) electrons. The van der Waals surface area contributed by atoms with Crippen molar-refractivity contribution in [3.63, 3.8) is 0 Å². The lowest BCUT2D eigenvalue weighted by Crippen LogP contribution is -2.53. The topological polar surface area (TPSA) is 73.6 Å². The Labute approximate surface area is 199 Å². The van der Waals surface area contributed by atoms with E-state index in [4.69, 9.17) is 16.3 Å². The zero-order valence-corrected chi connectivity index (χ0v) is 20.0. The van der Waals surface area contributed by atoms with E-state index in [1.54, 1.807) is 30.3 Å². The van der Waals surface area contributed by atoms with E-state index in [9.17, 15) is 13.7 Å². The average molecular weight is 482 g/mol. The highest BCUT2D eigenvalue weighted by Gasteiger charge is 2.32. The van der Waals surface area contributed by atoms with Gasteiger partial charge in [-0.1, -0.05) is 35.4 Å². The van der Waals surface area contributed by atoms with Gasteiger partial charge in [0.15, 0.2) is 0 Å². The molecule has 0 amide bonds. The van der Waals surface area contributed by atoms with Crippen molar-refractivity contribution in [1.29, 1.82) is 5.26 Å². The SMILES string of the molecule is Cc1ccc(N2CCN(S(=O)(=O)c3ccc(Oc4cccc(Cl)c4C#N)cc3)CC2C)cc1. The Balaban J connectivity index is 1.47. The zero-order valence-electron chi connectivity index (χ0n) is 18.4. The minimum absolute atomic E-state index is 0.0473. The summed E-state index contributed by atoms with van der Waals surface area (Å²) in [5.41, 5.74) is 2.53. The molecule has 1 heterocycles. The number of sulfonamides is 1. The Hall–Kier alpha value is -3.05. The van der Waals surface area contributed by atoms with Crippen LogP contribution in [0, 0.1) is 18.3 Å². The van der Waals surface area contributed by atoms with Gasteiger partial charge in [-0.25, -0.2) is 8.42 Å². The molecule has 1 unspecified atom stereocenters. The Kier molecular flexibility index (Phi) is 6.61. The van der Waals surface area contributed by atoms with Gasteiger partial charge in [-0.15, -0.1) is 0 Å². The lowest BCUT2D eigenvalue weighted by Gasteiger charge is -2.40. The number of rotatable bonds is 5. The van der Waals surface area contributed by atoms with Crippen LogP contribution in [0.4, 0.5) is 5.69 Å². The van der Waals surface area contributed by atoms with Crippen LogP contribution in [-0.4, -0.2) is 38.4 Å². The number of benzene rings is 3. The number of hydrogen-bond donors (Lipinski definition) is 0. The van der Waals surface area contributed by atoms with E-state index in [-0.39, 0.29) is 16.5 Å². The second kappa shape index (κ2) is 9.44. The number of nitriles is 1. The molecule has 1 saturated heterocycles. The average Bonchev–Trinajstić information content (AvgIpc) is 2.80. The number of hydrogen-bond acceptors (Lipinski definition) is 5. The number of nitrogens with zero attached hydrogens (tertiary/aromatic N) is 3. The monoisotopic (exact) mass is 481 g/mol. The molecule has 0 aromatic heterocycles. The Morgan fingerprint density at radius 2 is 1.73 bits per heavy atom. The van der Waals surface area contributed by atoms with E-state index in [0.29, 0.717) is 36.2 Å². The molecule has 1 aliphatic rings. The van der Waals surface area contributed by atoms with Crippen molar-refractivity contribution in [1.82, 2.24) is 4.31 Å². The summed E-state index contributed by atoms with van der Waals surface area (Å²) >= 11 is 6.04. The molecule has 1 atom stereocenters. The molecule has 1 aliphatic heterocycles. The molecule has 8 heteroatoms. The summed E-state index contributed by atoms with van der Waals surface area (Å²) in [6.45, 7) is 5.52. The predicted molar refractivity (Wildman–Crippen MR) is 129 cm³/mol. The lowest BCUT2D eigenvalue weighted by molar-refractivity contribution is 0.342. The van der Waals surface area contributed by atoms with Crippen molar-refractivity contribution in [3.8, 4) is 17.6 Å². The highest BCUT2D eigenvalue weighted by molar-refractivity contribution is 7.89. The first-order chi connectivity index (χ1) is 15.8. The summed E-state index contributed by atoms with van der Waals surface area (Å²) in [6, 6.07) is 21.5. The quantitative estimate of drug-likeness (QED) is 0.500. The first-order valence-corrected chi connectivity index (χ1v) is 12.4. The van der Waals surface area contributed by atoms with Crippen LogP contribution in [0.15, 0.2) is 71.6 Å². The smallest absolute Gasteiger partial charge is 0.243 e. The van der Waals surface area contributed by atoms with Crippen molar-refractivity contribution >= 4 is 27.3 Å². The van der Waals surface area contributed by atoms with Crippen molar-refractivity contribution in [3.05, 3.63) is 82.9 Å². The molecule has 6 nitrogen and oxygen atoms in total. The molecule has 33 heavy (non-hydrogen) atoms. The van der Waals surface area contributed by atoms with Crippen LogP contribution >= 0.6 is 11.6 Å². The second-order valence-electron chi connectivity index (χ2n) is 8.04. The first kappa shape index (κ1) is 23.1. The predicted octanol–water partition coefficient (Wildman–Crippen LogP) is 5.21. The summed E-state index contributed by atoms with van der Waals surface area (Å²) in [5.74, 6) is 0.743. The fourth-order valence-electron chi connectivity index (χ4n) is 3.92. The Morgan fingerprint density at radius 3 is 2.36 bits per heavy atom. The van der Waals surface area contributed by atoms with Crippen molar-refractivity contribution < 1.29 is 13.2 Å². The Morgan fingerprint density at radius 1 is 1.03 bits per heavy atom. The van der Waals surface area contributed by atoms with Gasteiger partial charge in [0.1, 0.15) is 23.1 Å². The van der Waals surface area contributed by atoms with Gasteiger partial charge in [0.2, 0.25) is 10.0 Å². The largest absolute Gasteiger partial charge is 0.456 e. The maximum Gasteiger partial charge on any atom is 0.243 e. The van der Waals surface area contributed by atoms with Crippen LogP contribution in [-0.2, 0) is 10.0 Å². The molecule has 0 bridgehead atoms. The van der Waals surface area contributed by atoms with Crippen molar-refractivity contribution in [2.24, 2.45) is 0 Å². The molecule has 3 aromatic carbocycles. The minimum atomic E-state index is -3.64. The van der Waals surface area contributed by atoms with Crippen LogP contribution in [0.2, 0.25) is 5.02 Å². The molecule has 0 N–H and O–H groups in total. The zero-order chi connectivity index (χ0) is 23.6. The third-order valence-electron chi connectivity index (χ3n) is 5.73. The van der Waals surface area contributed by atoms with Gasteiger partial charge < -0.3 is 9.64 Å². The third kappa shape index (κ3) is 4.83. The van der Waals surface area contributed by atoms with Gasteiger partial charge in [0.25, 0.3) is 0 Å². The summed E-state index contributed by atoms with van der Waals surface area (Å²) in [6.07, 6.45) is 0. The van der Waals surface area contributed by atoms with Gasteiger partial charge in [0, 0.05) is 31.4 Å². The van der Waals surface area contributed by atoms with E-state index >= 15 is 0 Å². The number of halogens is 1. The van der Waals surface area contributed by atoms with Gasteiger partial charge in [-0.3, -0.25) is 0 Å².